The minimum Gasteiger partial charge on any atom is -0.495 e. The van der Waals surface area contributed by atoms with Gasteiger partial charge in [-0.15, -0.1) is 0 Å². The maximum Gasteiger partial charge on any atom is 0.270 e. The largest absolute Gasteiger partial charge is 0.495 e. The number of hydrogen-bond acceptors (Lipinski definition) is 6. The van der Waals surface area contributed by atoms with Gasteiger partial charge >= 0.3 is 0 Å². The molecule has 160 valence electrons. The second-order valence-electron chi connectivity index (χ2n) is 8.18. The molecule has 1 fully saturated rings. The molecule has 8 nitrogen and oxygen atoms in total. The van der Waals surface area contributed by atoms with Crippen LogP contribution in [0.3, 0.4) is 0 Å². The molecular weight excluding hydrogens is 386 g/mol. The average molecular weight is 413 g/mol. The number of rotatable bonds is 5. The molecule has 2 aromatic carbocycles. The highest BCUT2D eigenvalue weighted by Gasteiger charge is 2.23. The summed E-state index contributed by atoms with van der Waals surface area (Å²) in [7, 11) is 1.54. The van der Waals surface area contributed by atoms with Crippen LogP contribution in [0.4, 0.5) is 17.1 Å². The van der Waals surface area contributed by atoms with Gasteiger partial charge in [0.25, 0.3) is 11.6 Å². The van der Waals surface area contributed by atoms with Crippen molar-refractivity contribution in [2.45, 2.75) is 26.2 Å². The van der Waals surface area contributed by atoms with E-state index in [1.807, 2.05) is 23.1 Å². The molecule has 0 aliphatic carbocycles. The number of ether oxygens (including phenoxy) is 2. The van der Waals surface area contributed by atoms with Crippen molar-refractivity contribution in [2.24, 2.45) is 0 Å². The van der Waals surface area contributed by atoms with Crippen molar-refractivity contribution in [3.8, 4) is 5.75 Å². The zero-order valence-corrected chi connectivity index (χ0v) is 17.7. The molecule has 0 bridgehead atoms. The monoisotopic (exact) mass is 413 g/mol. The molecule has 0 saturated carbocycles. The quantitative estimate of drug-likeness (QED) is 0.588. The van der Waals surface area contributed by atoms with E-state index < -0.39 is 10.8 Å². The predicted octanol–water partition coefficient (Wildman–Crippen LogP) is 3.99. The van der Waals surface area contributed by atoms with Gasteiger partial charge in [0.2, 0.25) is 0 Å². The summed E-state index contributed by atoms with van der Waals surface area (Å²) >= 11 is 0. The van der Waals surface area contributed by atoms with E-state index in [2.05, 4.69) is 26.1 Å². The third-order valence-electron chi connectivity index (χ3n) is 5.10. The molecule has 30 heavy (non-hydrogen) atoms. The van der Waals surface area contributed by atoms with Crippen molar-refractivity contribution in [1.29, 1.82) is 0 Å². The van der Waals surface area contributed by atoms with Crippen molar-refractivity contribution < 1.29 is 19.2 Å². The van der Waals surface area contributed by atoms with E-state index in [1.54, 1.807) is 6.07 Å². The van der Waals surface area contributed by atoms with Crippen LogP contribution in [-0.2, 0) is 10.2 Å². The lowest BCUT2D eigenvalue weighted by atomic mass is 9.87. The second kappa shape index (κ2) is 8.71. The summed E-state index contributed by atoms with van der Waals surface area (Å²) in [5.74, 6) is 0.0965. The lowest BCUT2D eigenvalue weighted by molar-refractivity contribution is -0.384. The fraction of sp³-hybridized carbons (Fsp3) is 0.409. The number of amides is 1. The smallest absolute Gasteiger partial charge is 0.270 e. The van der Waals surface area contributed by atoms with Crippen LogP contribution in [0.2, 0.25) is 0 Å². The maximum atomic E-state index is 13.2. The molecule has 1 amide bonds. The van der Waals surface area contributed by atoms with Crippen molar-refractivity contribution in [3.05, 3.63) is 57.6 Å². The van der Waals surface area contributed by atoms with Gasteiger partial charge < -0.3 is 19.7 Å². The molecule has 2 aromatic rings. The average Bonchev–Trinajstić information content (AvgIpc) is 2.73. The SMILES string of the molecule is COc1ccc(C(C)(C)C)cc1NC(=O)c1cc([N+](=O)[O-])ccc1N1CCOCC1. The van der Waals surface area contributed by atoms with E-state index in [0.29, 0.717) is 43.4 Å². The minimum atomic E-state index is -0.499. The summed E-state index contributed by atoms with van der Waals surface area (Å²) in [5.41, 5.74) is 2.20. The summed E-state index contributed by atoms with van der Waals surface area (Å²) in [5, 5.41) is 14.2. The van der Waals surface area contributed by atoms with Crippen LogP contribution in [0.25, 0.3) is 0 Å². The molecule has 0 unspecified atom stereocenters. The summed E-state index contributed by atoms with van der Waals surface area (Å²) in [6, 6.07) is 10.0. The fourth-order valence-corrected chi connectivity index (χ4v) is 3.36. The summed E-state index contributed by atoms with van der Waals surface area (Å²) in [4.78, 5) is 26.0. The fourth-order valence-electron chi connectivity index (χ4n) is 3.36. The van der Waals surface area contributed by atoms with Crippen LogP contribution in [0.15, 0.2) is 36.4 Å². The van der Waals surface area contributed by atoms with Gasteiger partial charge in [-0.3, -0.25) is 14.9 Å². The third-order valence-corrected chi connectivity index (χ3v) is 5.10. The Hall–Kier alpha value is -3.13. The lowest BCUT2D eigenvalue weighted by Crippen LogP contribution is -2.37. The van der Waals surface area contributed by atoms with Gasteiger partial charge in [0, 0.05) is 25.2 Å². The number of carbonyl (C=O) groups is 1. The van der Waals surface area contributed by atoms with Crippen molar-refractivity contribution in [2.75, 3.05) is 43.6 Å². The Kier molecular flexibility index (Phi) is 6.26. The molecule has 3 rings (SSSR count). The van der Waals surface area contributed by atoms with Crippen molar-refractivity contribution >= 4 is 23.0 Å². The van der Waals surface area contributed by atoms with Gasteiger partial charge in [-0.1, -0.05) is 26.8 Å². The Balaban J connectivity index is 2.00. The summed E-state index contributed by atoms with van der Waals surface area (Å²) < 4.78 is 10.8. The molecule has 0 aromatic heterocycles. The van der Waals surface area contributed by atoms with Crippen LogP contribution >= 0.6 is 0 Å². The number of nitrogens with zero attached hydrogens (tertiary/aromatic N) is 2. The highest BCUT2D eigenvalue weighted by atomic mass is 16.6. The molecule has 1 N–H and O–H groups in total. The number of morpholine rings is 1. The molecule has 1 heterocycles. The van der Waals surface area contributed by atoms with Crippen LogP contribution in [0.1, 0.15) is 36.7 Å². The maximum absolute atomic E-state index is 13.2. The van der Waals surface area contributed by atoms with E-state index in [-0.39, 0.29) is 16.7 Å². The molecule has 1 aliphatic heterocycles. The van der Waals surface area contributed by atoms with Gasteiger partial charge in [-0.2, -0.15) is 0 Å². The van der Waals surface area contributed by atoms with Crippen molar-refractivity contribution in [1.82, 2.24) is 0 Å². The van der Waals surface area contributed by atoms with Crippen molar-refractivity contribution in [3.63, 3.8) is 0 Å². The number of nitro benzene ring substituents is 1. The Morgan fingerprint density at radius 1 is 1.17 bits per heavy atom. The van der Waals surface area contributed by atoms with Crippen LogP contribution < -0.4 is 15.0 Å². The number of non-ortho nitro benzene ring substituents is 1. The number of nitrogens with one attached hydrogen (secondary N) is 1. The first kappa shape index (κ1) is 21.6. The minimum absolute atomic E-state index is 0.115. The van der Waals surface area contributed by atoms with Gasteiger partial charge in [0.05, 0.1) is 42.2 Å². The zero-order chi connectivity index (χ0) is 21.9. The topological polar surface area (TPSA) is 93.9 Å². The second-order valence-corrected chi connectivity index (χ2v) is 8.18. The van der Waals surface area contributed by atoms with Gasteiger partial charge in [0.1, 0.15) is 5.75 Å². The van der Waals surface area contributed by atoms with Gasteiger partial charge in [-0.05, 0) is 29.2 Å². The first-order valence-corrected chi connectivity index (χ1v) is 9.81. The number of anilines is 2. The van der Waals surface area contributed by atoms with E-state index >= 15 is 0 Å². The number of hydrogen-bond donors (Lipinski definition) is 1. The van der Waals surface area contributed by atoms with E-state index in [9.17, 15) is 14.9 Å². The van der Waals surface area contributed by atoms with Gasteiger partial charge in [-0.25, -0.2) is 0 Å². The predicted molar refractivity (Wildman–Crippen MR) is 116 cm³/mol. The molecular formula is C22H27N3O5. The molecule has 1 aliphatic rings. The zero-order valence-electron chi connectivity index (χ0n) is 17.7. The molecule has 8 heteroatoms. The number of nitro groups is 1. The normalized spacial score (nSPS) is 14.3. The molecule has 0 atom stereocenters. The van der Waals surface area contributed by atoms with Crippen LogP contribution in [0, 0.1) is 10.1 Å². The molecule has 1 saturated heterocycles. The Morgan fingerprint density at radius 3 is 2.47 bits per heavy atom. The number of methoxy groups -OCH3 is 1. The first-order valence-electron chi connectivity index (χ1n) is 9.81. The highest BCUT2D eigenvalue weighted by molar-refractivity contribution is 6.09. The van der Waals surface area contributed by atoms with Crippen LogP contribution in [0.5, 0.6) is 5.75 Å². The van der Waals surface area contributed by atoms with E-state index in [1.165, 1.54) is 19.2 Å². The Morgan fingerprint density at radius 2 is 1.87 bits per heavy atom. The summed E-state index contributed by atoms with van der Waals surface area (Å²) in [6.07, 6.45) is 0. The van der Waals surface area contributed by atoms with E-state index in [4.69, 9.17) is 9.47 Å². The molecule has 0 radical (unpaired) electrons. The Labute approximate surface area is 175 Å². The van der Waals surface area contributed by atoms with Gasteiger partial charge in [0.15, 0.2) is 0 Å². The molecule has 0 spiro atoms. The highest BCUT2D eigenvalue weighted by Crippen LogP contribution is 2.33. The first-order chi connectivity index (χ1) is 14.2. The number of benzene rings is 2. The summed E-state index contributed by atoms with van der Waals surface area (Å²) in [6.45, 7) is 8.55. The number of carbonyl (C=O) groups excluding carboxylic acids is 1. The Bertz CT molecular complexity index is 946. The lowest BCUT2D eigenvalue weighted by Gasteiger charge is -2.30. The van der Waals surface area contributed by atoms with E-state index in [0.717, 1.165) is 5.56 Å². The third kappa shape index (κ3) is 4.71. The van der Waals surface area contributed by atoms with Crippen LogP contribution in [-0.4, -0.2) is 44.2 Å². The standard InChI is InChI=1S/C22H27N3O5/c1-22(2,3)15-5-8-20(29-4)18(13-15)23-21(26)17-14-16(25(27)28)6-7-19(17)24-9-11-30-12-10-24/h5-8,13-14H,9-12H2,1-4H3,(H,23,26).